The molecule has 0 amide bonds. The van der Waals surface area contributed by atoms with Crippen LogP contribution in [-0.2, 0) is 6.42 Å². The molecule has 2 nitrogen and oxygen atoms in total. The Balaban J connectivity index is 2.25. The van der Waals surface area contributed by atoms with Gasteiger partial charge in [0.1, 0.15) is 0 Å². The van der Waals surface area contributed by atoms with Crippen molar-refractivity contribution in [2.75, 3.05) is 0 Å². The third-order valence-electron chi connectivity index (χ3n) is 1.99. The van der Waals surface area contributed by atoms with Gasteiger partial charge in [-0.1, -0.05) is 30.3 Å². The second-order valence-corrected chi connectivity index (χ2v) is 3.11. The Hall–Kier alpha value is -1.33. The molecule has 0 spiro atoms. The molecule has 1 rings (SSSR count). The van der Waals surface area contributed by atoms with Crippen LogP contribution in [0.5, 0.6) is 0 Å². The molecule has 1 aromatic rings. The molecule has 0 aliphatic rings. The highest BCUT2D eigenvalue weighted by Crippen LogP contribution is 2.05. The molecule has 1 atom stereocenters. The summed E-state index contributed by atoms with van der Waals surface area (Å²) in [6.07, 6.45) is 2.78. The van der Waals surface area contributed by atoms with E-state index in [-0.39, 0.29) is 6.04 Å². The number of aryl methyl sites for hydroxylation is 1. The molecule has 1 unspecified atom stereocenters. The van der Waals surface area contributed by atoms with Crippen molar-refractivity contribution < 1.29 is 0 Å². The van der Waals surface area contributed by atoms with Gasteiger partial charge >= 0.3 is 0 Å². The van der Waals surface area contributed by atoms with Gasteiger partial charge in [-0.15, -0.1) is 0 Å². The maximum atomic E-state index is 8.46. The van der Waals surface area contributed by atoms with Gasteiger partial charge in [0.2, 0.25) is 0 Å². The monoisotopic (exact) mass is 174 g/mol. The third-order valence-corrected chi connectivity index (χ3v) is 1.99. The van der Waals surface area contributed by atoms with E-state index in [1.54, 1.807) is 0 Å². The van der Waals surface area contributed by atoms with Gasteiger partial charge in [-0.2, -0.15) is 5.26 Å². The van der Waals surface area contributed by atoms with Crippen molar-refractivity contribution in [2.45, 2.75) is 25.3 Å². The van der Waals surface area contributed by atoms with Crippen LogP contribution in [0.25, 0.3) is 0 Å². The van der Waals surface area contributed by atoms with Crippen LogP contribution in [0.3, 0.4) is 0 Å². The summed E-state index contributed by atoms with van der Waals surface area (Å²) < 4.78 is 0. The van der Waals surface area contributed by atoms with Gasteiger partial charge in [0.05, 0.1) is 12.1 Å². The Morgan fingerprint density at radius 1 is 1.31 bits per heavy atom. The second kappa shape index (κ2) is 5.34. The number of nitriles is 1. The molecule has 0 saturated carbocycles. The molecule has 0 aliphatic heterocycles. The number of nitrogens with two attached hydrogens (primary N) is 1. The minimum atomic E-state index is -0.302. The molecule has 0 fully saturated rings. The van der Waals surface area contributed by atoms with Crippen molar-refractivity contribution in [2.24, 2.45) is 5.73 Å². The zero-order valence-electron chi connectivity index (χ0n) is 7.61. The van der Waals surface area contributed by atoms with Gasteiger partial charge in [0, 0.05) is 0 Å². The van der Waals surface area contributed by atoms with Gasteiger partial charge in [0.15, 0.2) is 0 Å². The predicted octanol–water partition coefficient (Wildman–Crippen LogP) is 1.86. The molecular weight excluding hydrogens is 160 g/mol. The molecule has 2 N–H and O–H groups in total. The van der Waals surface area contributed by atoms with Crippen LogP contribution in [0.2, 0.25) is 0 Å². The van der Waals surface area contributed by atoms with Gasteiger partial charge < -0.3 is 5.73 Å². The van der Waals surface area contributed by atoms with Crippen molar-refractivity contribution in [3.8, 4) is 6.07 Å². The third kappa shape index (κ3) is 3.73. The lowest BCUT2D eigenvalue weighted by molar-refractivity contribution is 0.674. The number of hydrogen-bond donors (Lipinski definition) is 1. The molecule has 0 radical (unpaired) electrons. The molecule has 0 aliphatic carbocycles. The number of nitrogens with zero attached hydrogens (tertiary/aromatic N) is 1. The Bertz CT molecular complexity index is 274. The summed E-state index contributed by atoms with van der Waals surface area (Å²) in [4.78, 5) is 0. The van der Waals surface area contributed by atoms with E-state index in [9.17, 15) is 0 Å². The fourth-order valence-corrected chi connectivity index (χ4v) is 1.24. The summed E-state index contributed by atoms with van der Waals surface area (Å²) in [6.45, 7) is 0. The quantitative estimate of drug-likeness (QED) is 0.757. The Morgan fingerprint density at radius 2 is 2.00 bits per heavy atom. The highest BCUT2D eigenvalue weighted by molar-refractivity contribution is 5.14. The summed E-state index contributed by atoms with van der Waals surface area (Å²) >= 11 is 0. The summed E-state index contributed by atoms with van der Waals surface area (Å²) in [5, 5.41) is 8.46. The minimum Gasteiger partial charge on any atom is -0.316 e. The molecule has 1 aromatic carbocycles. The maximum Gasteiger partial charge on any atom is 0.0928 e. The van der Waals surface area contributed by atoms with Crippen molar-refractivity contribution in [1.29, 1.82) is 5.26 Å². The Labute approximate surface area is 79.0 Å². The molecule has 0 bridgehead atoms. The zero-order valence-corrected chi connectivity index (χ0v) is 7.61. The number of benzene rings is 1. The first kappa shape index (κ1) is 9.76. The van der Waals surface area contributed by atoms with Gasteiger partial charge in [0.25, 0.3) is 0 Å². The highest BCUT2D eigenvalue weighted by atomic mass is 14.6. The normalized spacial score (nSPS) is 12.0. The van der Waals surface area contributed by atoms with E-state index in [1.165, 1.54) is 5.56 Å². The minimum absolute atomic E-state index is 0.302. The molecule has 13 heavy (non-hydrogen) atoms. The lowest BCUT2D eigenvalue weighted by atomic mass is 10.1. The first-order valence-corrected chi connectivity index (χ1v) is 4.52. The van der Waals surface area contributed by atoms with Crippen LogP contribution in [0.15, 0.2) is 30.3 Å². The van der Waals surface area contributed by atoms with E-state index in [0.717, 1.165) is 19.3 Å². The molecule has 0 heterocycles. The van der Waals surface area contributed by atoms with Gasteiger partial charge in [-0.3, -0.25) is 0 Å². The Kier molecular flexibility index (Phi) is 4.01. The first-order chi connectivity index (χ1) is 6.33. The molecule has 0 saturated heterocycles. The highest BCUT2D eigenvalue weighted by Gasteiger charge is 1.99. The second-order valence-electron chi connectivity index (χ2n) is 3.11. The summed E-state index contributed by atoms with van der Waals surface area (Å²) in [5.74, 6) is 0. The van der Waals surface area contributed by atoms with E-state index < -0.39 is 0 Å². The lowest BCUT2D eigenvalue weighted by Crippen LogP contribution is -2.16. The summed E-state index contributed by atoms with van der Waals surface area (Å²) in [7, 11) is 0. The van der Waals surface area contributed by atoms with Crippen LogP contribution in [0.1, 0.15) is 18.4 Å². The SMILES string of the molecule is N#CC(N)CCCc1ccccc1. The Morgan fingerprint density at radius 3 is 2.62 bits per heavy atom. The van der Waals surface area contributed by atoms with E-state index in [0.29, 0.717) is 0 Å². The smallest absolute Gasteiger partial charge is 0.0928 e. The van der Waals surface area contributed by atoms with Crippen molar-refractivity contribution in [1.82, 2.24) is 0 Å². The van der Waals surface area contributed by atoms with Crippen LogP contribution in [-0.4, -0.2) is 6.04 Å². The van der Waals surface area contributed by atoms with E-state index in [2.05, 4.69) is 12.1 Å². The fourth-order valence-electron chi connectivity index (χ4n) is 1.24. The van der Waals surface area contributed by atoms with Gasteiger partial charge in [-0.25, -0.2) is 0 Å². The lowest BCUT2D eigenvalue weighted by Gasteiger charge is -2.02. The first-order valence-electron chi connectivity index (χ1n) is 4.52. The largest absolute Gasteiger partial charge is 0.316 e. The molecule has 0 aromatic heterocycles. The van der Waals surface area contributed by atoms with E-state index >= 15 is 0 Å². The average molecular weight is 174 g/mol. The topological polar surface area (TPSA) is 49.8 Å². The van der Waals surface area contributed by atoms with Crippen LogP contribution < -0.4 is 5.73 Å². The summed E-state index contributed by atoms with van der Waals surface area (Å²) in [5.41, 5.74) is 6.79. The maximum absolute atomic E-state index is 8.46. The van der Waals surface area contributed by atoms with Crippen molar-refractivity contribution in [3.63, 3.8) is 0 Å². The standard InChI is InChI=1S/C11H14N2/c12-9-11(13)8-4-7-10-5-2-1-3-6-10/h1-3,5-6,11H,4,7-8,13H2. The average Bonchev–Trinajstić information content (AvgIpc) is 2.19. The van der Waals surface area contributed by atoms with Crippen molar-refractivity contribution in [3.05, 3.63) is 35.9 Å². The predicted molar refractivity (Wildman–Crippen MR) is 53.0 cm³/mol. The molecule has 68 valence electrons. The molecule has 2 heteroatoms. The van der Waals surface area contributed by atoms with Crippen LogP contribution in [0, 0.1) is 11.3 Å². The van der Waals surface area contributed by atoms with Crippen LogP contribution in [0.4, 0.5) is 0 Å². The summed E-state index contributed by atoms with van der Waals surface area (Å²) in [6, 6.07) is 12.0. The van der Waals surface area contributed by atoms with E-state index in [1.807, 2.05) is 24.3 Å². The van der Waals surface area contributed by atoms with Crippen LogP contribution >= 0.6 is 0 Å². The number of hydrogen-bond acceptors (Lipinski definition) is 2. The van der Waals surface area contributed by atoms with Crippen molar-refractivity contribution >= 4 is 0 Å². The van der Waals surface area contributed by atoms with Gasteiger partial charge in [-0.05, 0) is 24.8 Å². The van der Waals surface area contributed by atoms with E-state index in [4.69, 9.17) is 11.0 Å². The zero-order chi connectivity index (χ0) is 9.52. The molecular formula is C11H14N2. The number of rotatable bonds is 4. The fraction of sp³-hybridized carbons (Fsp3) is 0.364.